The SMILES string of the molecule is O=C(O)C(CNc1ccc(F)c(Br)c1)C(F)(F)F. The number of benzene rings is 1. The van der Waals surface area contributed by atoms with E-state index in [9.17, 15) is 22.4 Å². The predicted molar refractivity (Wildman–Crippen MR) is 59.8 cm³/mol. The number of hydrogen-bond donors (Lipinski definition) is 2. The van der Waals surface area contributed by atoms with E-state index in [2.05, 4.69) is 21.2 Å². The van der Waals surface area contributed by atoms with Crippen molar-refractivity contribution in [1.82, 2.24) is 0 Å². The van der Waals surface area contributed by atoms with E-state index in [0.717, 1.165) is 6.07 Å². The molecule has 2 N–H and O–H groups in total. The van der Waals surface area contributed by atoms with Crippen LogP contribution in [0.15, 0.2) is 22.7 Å². The third kappa shape index (κ3) is 3.86. The molecule has 0 saturated carbocycles. The molecule has 1 aromatic rings. The van der Waals surface area contributed by atoms with Gasteiger partial charge in [0.05, 0.1) is 4.47 Å². The van der Waals surface area contributed by atoms with Crippen LogP contribution in [0.5, 0.6) is 0 Å². The van der Waals surface area contributed by atoms with Gasteiger partial charge >= 0.3 is 12.1 Å². The third-order valence-electron chi connectivity index (χ3n) is 2.12. The first-order valence-electron chi connectivity index (χ1n) is 4.70. The van der Waals surface area contributed by atoms with Gasteiger partial charge in [0.2, 0.25) is 0 Å². The zero-order chi connectivity index (χ0) is 13.9. The molecule has 0 fully saturated rings. The third-order valence-corrected chi connectivity index (χ3v) is 2.73. The van der Waals surface area contributed by atoms with Crippen molar-refractivity contribution in [3.05, 3.63) is 28.5 Å². The number of carboxylic acids is 1. The van der Waals surface area contributed by atoms with Crippen molar-refractivity contribution in [2.45, 2.75) is 6.18 Å². The van der Waals surface area contributed by atoms with Gasteiger partial charge in [-0.15, -0.1) is 0 Å². The molecule has 3 nitrogen and oxygen atoms in total. The summed E-state index contributed by atoms with van der Waals surface area (Å²) in [6.07, 6.45) is -4.84. The fraction of sp³-hybridized carbons (Fsp3) is 0.300. The summed E-state index contributed by atoms with van der Waals surface area (Å²) in [7, 11) is 0. The van der Waals surface area contributed by atoms with Crippen LogP contribution in [0.2, 0.25) is 0 Å². The molecule has 8 heteroatoms. The van der Waals surface area contributed by atoms with E-state index >= 15 is 0 Å². The van der Waals surface area contributed by atoms with E-state index in [1.165, 1.54) is 12.1 Å². The van der Waals surface area contributed by atoms with Gasteiger partial charge in [-0.05, 0) is 34.1 Å². The predicted octanol–water partition coefficient (Wildman–Crippen LogP) is 3.26. The Labute approximate surface area is 108 Å². The Hall–Kier alpha value is -1.31. The van der Waals surface area contributed by atoms with Crippen LogP contribution in [0.4, 0.5) is 23.2 Å². The van der Waals surface area contributed by atoms with E-state index in [0.29, 0.717) is 0 Å². The van der Waals surface area contributed by atoms with Gasteiger partial charge in [0.15, 0.2) is 5.92 Å². The van der Waals surface area contributed by atoms with E-state index in [4.69, 9.17) is 5.11 Å². The van der Waals surface area contributed by atoms with Gasteiger partial charge in [-0.25, -0.2) is 4.39 Å². The zero-order valence-corrected chi connectivity index (χ0v) is 10.3. The Balaban J connectivity index is 2.73. The van der Waals surface area contributed by atoms with Crippen molar-refractivity contribution in [1.29, 1.82) is 0 Å². The minimum atomic E-state index is -4.84. The molecule has 0 radical (unpaired) electrons. The Morgan fingerprint density at radius 3 is 2.50 bits per heavy atom. The number of alkyl halides is 3. The number of aliphatic carboxylic acids is 1. The molecule has 0 aliphatic heterocycles. The van der Waals surface area contributed by atoms with Crippen LogP contribution in [0.3, 0.4) is 0 Å². The molecule has 1 atom stereocenters. The highest BCUT2D eigenvalue weighted by atomic mass is 79.9. The number of carbonyl (C=O) groups is 1. The first-order valence-corrected chi connectivity index (χ1v) is 5.49. The number of nitrogens with one attached hydrogen (secondary N) is 1. The summed E-state index contributed by atoms with van der Waals surface area (Å²) >= 11 is 2.87. The topological polar surface area (TPSA) is 49.3 Å². The van der Waals surface area contributed by atoms with Crippen LogP contribution < -0.4 is 5.32 Å². The highest BCUT2D eigenvalue weighted by Crippen LogP contribution is 2.27. The molecular weight excluding hydrogens is 322 g/mol. The van der Waals surface area contributed by atoms with Crippen molar-refractivity contribution in [2.75, 3.05) is 11.9 Å². The quantitative estimate of drug-likeness (QED) is 0.833. The first-order chi connectivity index (χ1) is 8.21. The summed E-state index contributed by atoms with van der Waals surface area (Å²) in [4.78, 5) is 10.5. The van der Waals surface area contributed by atoms with E-state index in [-0.39, 0.29) is 10.2 Å². The van der Waals surface area contributed by atoms with Crippen molar-refractivity contribution < 1.29 is 27.5 Å². The van der Waals surface area contributed by atoms with Crippen LogP contribution in [-0.4, -0.2) is 23.8 Å². The molecule has 0 amide bonds. The van der Waals surface area contributed by atoms with Gasteiger partial charge in [-0.1, -0.05) is 0 Å². The summed E-state index contributed by atoms with van der Waals surface area (Å²) in [6.45, 7) is -0.823. The molecule has 1 unspecified atom stereocenters. The van der Waals surface area contributed by atoms with Gasteiger partial charge in [-0.3, -0.25) is 4.79 Å². The summed E-state index contributed by atoms with van der Waals surface area (Å²) in [5.41, 5.74) is 0.193. The minimum absolute atomic E-state index is 0.0754. The second kappa shape index (κ2) is 5.55. The summed E-state index contributed by atoms with van der Waals surface area (Å²) < 4.78 is 49.9. The number of halogens is 5. The van der Waals surface area contributed by atoms with Crippen LogP contribution in [0.1, 0.15) is 0 Å². The maximum Gasteiger partial charge on any atom is 0.403 e. The molecule has 1 aromatic carbocycles. The minimum Gasteiger partial charge on any atom is -0.481 e. The number of anilines is 1. The van der Waals surface area contributed by atoms with E-state index in [1.54, 1.807) is 0 Å². The van der Waals surface area contributed by atoms with Gasteiger partial charge in [0, 0.05) is 12.2 Å². The summed E-state index contributed by atoms with van der Waals surface area (Å²) in [6, 6.07) is 3.50. The average Bonchev–Trinajstić information content (AvgIpc) is 2.21. The van der Waals surface area contributed by atoms with Gasteiger partial charge in [-0.2, -0.15) is 13.2 Å². The van der Waals surface area contributed by atoms with Crippen LogP contribution >= 0.6 is 15.9 Å². The molecule has 0 aliphatic rings. The van der Waals surface area contributed by atoms with Gasteiger partial charge < -0.3 is 10.4 Å². The fourth-order valence-electron chi connectivity index (χ4n) is 1.17. The smallest absolute Gasteiger partial charge is 0.403 e. The maximum absolute atomic E-state index is 12.9. The number of carboxylic acid groups (broad SMARTS) is 1. The molecule has 1 rings (SSSR count). The molecule has 100 valence electrons. The van der Waals surface area contributed by atoms with Gasteiger partial charge in [0.1, 0.15) is 5.82 Å². The highest BCUT2D eigenvalue weighted by molar-refractivity contribution is 9.10. The summed E-state index contributed by atoms with van der Waals surface area (Å²) in [5.74, 6) is -5.04. The zero-order valence-electron chi connectivity index (χ0n) is 8.76. The fourth-order valence-corrected chi connectivity index (χ4v) is 1.55. The summed E-state index contributed by atoms with van der Waals surface area (Å²) in [5, 5.41) is 10.8. The normalized spacial score (nSPS) is 13.2. The maximum atomic E-state index is 12.9. The second-order valence-electron chi connectivity index (χ2n) is 3.44. The average molecular weight is 330 g/mol. The lowest BCUT2D eigenvalue weighted by atomic mass is 10.1. The van der Waals surface area contributed by atoms with Crippen LogP contribution in [0, 0.1) is 11.7 Å². The van der Waals surface area contributed by atoms with Crippen molar-refractivity contribution in [3.8, 4) is 0 Å². The van der Waals surface area contributed by atoms with Crippen LogP contribution in [-0.2, 0) is 4.79 Å². The Morgan fingerprint density at radius 2 is 2.06 bits per heavy atom. The monoisotopic (exact) mass is 329 g/mol. The molecule has 18 heavy (non-hydrogen) atoms. The lowest BCUT2D eigenvalue weighted by Crippen LogP contribution is -2.36. The Morgan fingerprint density at radius 1 is 1.44 bits per heavy atom. The molecule has 0 aromatic heterocycles. The van der Waals surface area contributed by atoms with Crippen molar-refractivity contribution >= 4 is 27.6 Å². The van der Waals surface area contributed by atoms with E-state index < -0.39 is 30.4 Å². The lowest BCUT2D eigenvalue weighted by molar-refractivity contribution is -0.190. The molecule has 0 aliphatic carbocycles. The van der Waals surface area contributed by atoms with Gasteiger partial charge in [0.25, 0.3) is 0 Å². The second-order valence-corrected chi connectivity index (χ2v) is 4.30. The first kappa shape index (κ1) is 14.7. The van der Waals surface area contributed by atoms with Crippen LogP contribution in [0.25, 0.3) is 0 Å². The molecule has 0 bridgehead atoms. The number of hydrogen-bond acceptors (Lipinski definition) is 2. The standard InChI is InChI=1S/C10H8BrF4NO2/c11-7-3-5(1-2-8(7)12)16-4-6(9(17)18)10(13,14)15/h1-3,6,16H,4H2,(H,17,18). The van der Waals surface area contributed by atoms with E-state index in [1.807, 2.05) is 0 Å². The molecular formula is C10H8BrF4NO2. The van der Waals surface area contributed by atoms with Crippen molar-refractivity contribution in [3.63, 3.8) is 0 Å². The molecule has 0 spiro atoms. The largest absolute Gasteiger partial charge is 0.481 e. The Kier molecular flexibility index (Phi) is 4.55. The Bertz CT molecular complexity index is 450. The number of rotatable bonds is 4. The lowest BCUT2D eigenvalue weighted by Gasteiger charge is -2.17. The molecule has 0 saturated heterocycles. The van der Waals surface area contributed by atoms with Crippen molar-refractivity contribution in [2.24, 2.45) is 5.92 Å². The molecule has 0 heterocycles. The highest BCUT2D eigenvalue weighted by Gasteiger charge is 2.44.